The Balaban J connectivity index is 1.58. The van der Waals surface area contributed by atoms with E-state index in [4.69, 9.17) is 0 Å². The molecule has 0 spiro atoms. The molecule has 1 aliphatic rings. The van der Waals surface area contributed by atoms with Gasteiger partial charge in [0.15, 0.2) is 11.6 Å². The summed E-state index contributed by atoms with van der Waals surface area (Å²) in [5.74, 6) is -1.23. The van der Waals surface area contributed by atoms with Gasteiger partial charge < -0.3 is 4.90 Å². The van der Waals surface area contributed by atoms with Crippen LogP contribution >= 0.6 is 0 Å². The van der Waals surface area contributed by atoms with E-state index in [0.717, 1.165) is 37.1 Å². The summed E-state index contributed by atoms with van der Waals surface area (Å²) >= 11 is 0. The first-order valence-electron chi connectivity index (χ1n) is 8.27. The molecule has 0 unspecified atom stereocenters. The second-order valence-corrected chi connectivity index (χ2v) is 6.46. The number of hydrogen-bond acceptors (Lipinski definition) is 2. The number of aromatic nitrogens is 2. The molecule has 3 rings (SSSR count). The Kier molecular flexibility index (Phi) is 4.92. The second kappa shape index (κ2) is 7.11. The van der Waals surface area contributed by atoms with Crippen LogP contribution in [0.2, 0.25) is 0 Å². The minimum atomic E-state index is -0.816. The van der Waals surface area contributed by atoms with E-state index < -0.39 is 11.6 Å². The average Bonchev–Trinajstić information content (AvgIpc) is 3.01. The van der Waals surface area contributed by atoms with Crippen molar-refractivity contribution in [2.45, 2.75) is 32.6 Å². The first kappa shape index (κ1) is 16.6. The molecule has 1 aromatic carbocycles. The summed E-state index contributed by atoms with van der Waals surface area (Å²) in [4.78, 5) is 14.4. The third kappa shape index (κ3) is 3.63. The smallest absolute Gasteiger partial charge is 0.257 e. The molecule has 24 heavy (non-hydrogen) atoms. The molecule has 1 aromatic heterocycles. The maximum atomic E-state index is 13.3. The number of carbonyl (C=O) groups excluding carboxylic acids is 1. The quantitative estimate of drug-likeness (QED) is 0.931. The van der Waals surface area contributed by atoms with Gasteiger partial charge in [-0.05, 0) is 56.2 Å². The van der Waals surface area contributed by atoms with Gasteiger partial charge in [-0.3, -0.25) is 9.89 Å². The van der Waals surface area contributed by atoms with E-state index in [0.29, 0.717) is 24.4 Å². The summed E-state index contributed by atoms with van der Waals surface area (Å²) in [5, 5.41) is 6.70. The van der Waals surface area contributed by atoms with Crippen LogP contribution in [-0.4, -0.2) is 34.1 Å². The van der Waals surface area contributed by atoms with Crippen LogP contribution in [0.3, 0.4) is 0 Å². The number of likely N-dealkylation sites (tertiary alicyclic amines) is 1. The number of nitrogens with zero attached hydrogens (tertiary/aromatic N) is 2. The predicted octanol–water partition coefficient (Wildman–Crippen LogP) is 3.48. The minimum Gasteiger partial charge on any atom is -0.338 e. The average molecular weight is 333 g/mol. The molecule has 0 aliphatic carbocycles. The molecule has 2 aromatic rings. The van der Waals surface area contributed by atoms with Crippen molar-refractivity contribution in [1.29, 1.82) is 0 Å². The Morgan fingerprint density at radius 1 is 1.38 bits per heavy atom. The molecule has 2 heterocycles. The van der Waals surface area contributed by atoms with Crippen molar-refractivity contribution >= 4 is 5.91 Å². The van der Waals surface area contributed by atoms with Gasteiger partial charge in [0.2, 0.25) is 0 Å². The highest BCUT2D eigenvalue weighted by Crippen LogP contribution is 2.23. The highest BCUT2D eigenvalue weighted by molar-refractivity contribution is 5.95. The summed E-state index contributed by atoms with van der Waals surface area (Å²) in [6.07, 6.45) is 5.14. The summed E-state index contributed by atoms with van der Waals surface area (Å²) in [7, 11) is 0. The van der Waals surface area contributed by atoms with Crippen LogP contribution in [0.25, 0.3) is 0 Å². The maximum absolute atomic E-state index is 13.3. The van der Waals surface area contributed by atoms with Gasteiger partial charge in [0.05, 0.1) is 11.8 Å². The van der Waals surface area contributed by atoms with E-state index in [1.54, 1.807) is 12.3 Å². The van der Waals surface area contributed by atoms with E-state index in [1.807, 2.05) is 11.8 Å². The van der Waals surface area contributed by atoms with Gasteiger partial charge in [0.1, 0.15) is 0 Å². The van der Waals surface area contributed by atoms with Crippen molar-refractivity contribution in [3.8, 4) is 0 Å². The summed E-state index contributed by atoms with van der Waals surface area (Å²) in [5.41, 5.74) is 2.20. The van der Waals surface area contributed by atoms with Crippen LogP contribution in [0.1, 0.15) is 40.9 Å². The number of aromatic amines is 1. The van der Waals surface area contributed by atoms with Crippen molar-refractivity contribution in [2.24, 2.45) is 5.92 Å². The fourth-order valence-electron chi connectivity index (χ4n) is 3.29. The van der Waals surface area contributed by atoms with E-state index in [2.05, 4.69) is 10.2 Å². The molecule has 0 radical (unpaired) electrons. The van der Waals surface area contributed by atoms with E-state index in [9.17, 15) is 13.6 Å². The van der Waals surface area contributed by atoms with E-state index in [-0.39, 0.29) is 5.91 Å². The number of rotatable bonds is 4. The van der Waals surface area contributed by atoms with Crippen LogP contribution in [0.5, 0.6) is 0 Å². The molecule has 1 N–H and O–H groups in total. The van der Waals surface area contributed by atoms with E-state index >= 15 is 0 Å². The molecule has 128 valence electrons. The highest BCUT2D eigenvalue weighted by Gasteiger charge is 2.25. The van der Waals surface area contributed by atoms with Crippen LogP contribution in [0, 0.1) is 24.5 Å². The third-order valence-corrected chi connectivity index (χ3v) is 4.69. The van der Waals surface area contributed by atoms with E-state index in [1.165, 1.54) is 12.1 Å². The molecule has 0 saturated carbocycles. The highest BCUT2D eigenvalue weighted by atomic mass is 19.2. The monoisotopic (exact) mass is 333 g/mol. The molecule has 1 fully saturated rings. The van der Waals surface area contributed by atoms with Gasteiger partial charge >= 0.3 is 0 Å². The zero-order valence-corrected chi connectivity index (χ0v) is 13.7. The molecule has 1 aliphatic heterocycles. The number of carbonyl (C=O) groups is 1. The molecule has 1 saturated heterocycles. The molecule has 1 amide bonds. The molecular weight excluding hydrogens is 312 g/mol. The normalized spacial score (nSPS) is 18.0. The van der Waals surface area contributed by atoms with Crippen LogP contribution < -0.4 is 0 Å². The van der Waals surface area contributed by atoms with Gasteiger partial charge in [0.25, 0.3) is 5.91 Å². The summed E-state index contributed by atoms with van der Waals surface area (Å²) < 4.78 is 26.2. The topological polar surface area (TPSA) is 49.0 Å². The molecule has 0 bridgehead atoms. The molecular formula is C18H21F2N3O. The largest absolute Gasteiger partial charge is 0.338 e. The molecule has 4 nitrogen and oxygen atoms in total. The van der Waals surface area contributed by atoms with Crippen molar-refractivity contribution in [3.05, 3.63) is 52.9 Å². The van der Waals surface area contributed by atoms with Gasteiger partial charge in [-0.25, -0.2) is 8.78 Å². The standard InChI is InChI=1S/C18H21F2N3O/c1-12-15(10-21-22-12)18(24)23-8-2-3-14(11-23)5-4-13-6-7-16(19)17(20)9-13/h6-7,9-10,14H,2-5,8,11H2,1H3,(H,21,22)/t14-/m1/s1. The van der Waals surface area contributed by atoms with Crippen LogP contribution in [-0.2, 0) is 6.42 Å². The van der Waals surface area contributed by atoms with Gasteiger partial charge in [-0.15, -0.1) is 0 Å². The number of piperidine rings is 1. The fourth-order valence-corrected chi connectivity index (χ4v) is 3.29. The SMILES string of the molecule is Cc1[nH]ncc1C(=O)N1CCC[C@H](CCc2ccc(F)c(F)c2)C1. The van der Waals surface area contributed by atoms with Crippen LogP contribution in [0.15, 0.2) is 24.4 Å². The Morgan fingerprint density at radius 3 is 2.92 bits per heavy atom. The lowest BCUT2D eigenvalue weighted by Crippen LogP contribution is -2.40. The Hall–Kier alpha value is -2.24. The number of amides is 1. The fraction of sp³-hybridized carbons (Fsp3) is 0.444. The Morgan fingerprint density at radius 2 is 2.21 bits per heavy atom. The van der Waals surface area contributed by atoms with Crippen LogP contribution in [0.4, 0.5) is 8.78 Å². The zero-order chi connectivity index (χ0) is 17.1. The van der Waals surface area contributed by atoms with Crippen molar-refractivity contribution in [2.75, 3.05) is 13.1 Å². The molecule has 6 heteroatoms. The summed E-state index contributed by atoms with van der Waals surface area (Å²) in [6.45, 7) is 3.29. The van der Waals surface area contributed by atoms with Gasteiger partial charge in [0, 0.05) is 18.8 Å². The number of hydrogen-bond donors (Lipinski definition) is 1. The number of H-pyrrole nitrogens is 1. The first-order valence-corrected chi connectivity index (χ1v) is 8.27. The van der Waals surface area contributed by atoms with Crippen molar-refractivity contribution in [1.82, 2.24) is 15.1 Å². The number of benzene rings is 1. The number of aryl methyl sites for hydroxylation is 2. The predicted molar refractivity (Wildman–Crippen MR) is 86.6 cm³/mol. The number of nitrogens with one attached hydrogen (secondary N) is 1. The lowest BCUT2D eigenvalue weighted by Gasteiger charge is -2.32. The first-order chi connectivity index (χ1) is 11.5. The molecule has 1 atom stereocenters. The van der Waals surface area contributed by atoms with Gasteiger partial charge in [-0.2, -0.15) is 5.10 Å². The second-order valence-electron chi connectivity index (χ2n) is 6.46. The van der Waals surface area contributed by atoms with Crippen molar-refractivity contribution in [3.63, 3.8) is 0 Å². The lowest BCUT2D eigenvalue weighted by atomic mass is 9.91. The number of halogens is 2. The Labute approximate surface area is 139 Å². The van der Waals surface area contributed by atoms with Gasteiger partial charge in [-0.1, -0.05) is 6.07 Å². The Bertz CT molecular complexity index is 729. The summed E-state index contributed by atoms with van der Waals surface area (Å²) in [6, 6.07) is 4.05. The maximum Gasteiger partial charge on any atom is 0.257 e. The van der Waals surface area contributed by atoms with Crippen molar-refractivity contribution < 1.29 is 13.6 Å². The zero-order valence-electron chi connectivity index (χ0n) is 13.7. The lowest BCUT2D eigenvalue weighted by molar-refractivity contribution is 0.0667. The third-order valence-electron chi connectivity index (χ3n) is 4.69. The minimum absolute atomic E-state index is 0.0128.